The Morgan fingerprint density at radius 2 is 2.09 bits per heavy atom. The molecule has 1 aromatic carbocycles. The van der Waals surface area contributed by atoms with Crippen molar-refractivity contribution in [3.63, 3.8) is 0 Å². The molecular formula is C17H12N4O. The van der Waals surface area contributed by atoms with Crippen LogP contribution < -0.4 is 0 Å². The average molecular weight is 288 g/mol. The number of nitrogens with one attached hydrogen (secondary N) is 2. The Balaban J connectivity index is 1.85. The lowest BCUT2D eigenvalue weighted by Gasteiger charge is -1.92. The van der Waals surface area contributed by atoms with Gasteiger partial charge in [0.1, 0.15) is 17.8 Å². The Hall–Kier alpha value is -3.10. The molecule has 4 aromatic rings. The Kier molecular flexibility index (Phi) is 2.88. The Bertz CT molecular complexity index is 1030. The second-order valence-electron chi connectivity index (χ2n) is 4.92. The van der Waals surface area contributed by atoms with E-state index in [1.165, 1.54) is 0 Å². The molecule has 3 aromatic heterocycles. The predicted molar refractivity (Wildman–Crippen MR) is 85.1 cm³/mol. The number of hydrogen-bond donors (Lipinski definition) is 3. The van der Waals surface area contributed by atoms with Crippen molar-refractivity contribution in [1.29, 1.82) is 0 Å². The summed E-state index contributed by atoms with van der Waals surface area (Å²) >= 11 is 0. The zero-order valence-corrected chi connectivity index (χ0v) is 11.6. The van der Waals surface area contributed by atoms with Crippen LogP contribution in [0.2, 0.25) is 0 Å². The molecule has 0 radical (unpaired) electrons. The lowest BCUT2D eigenvalue weighted by atomic mass is 10.1. The molecule has 0 aliphatic carbocycles. The summed E-state index contributed by atoms with van der Waals surface area (Å²) in [5.74, 6) is 5.56. The van der Waals surface area contributed by atoms with Crippen LogP contribution in [0.4, 0.5) is 0 Å². The number of benzene rings is 1. The molecule has 5 heteroatoms. The van der Waals surface area contributed by atoms with Crippen molar-refractivity contribution in [3.05, 3.63) is 48.2 Å². The fourth-order valence-electron chi connectivity index (χ4n) is 2.52. The molecule has 0 atom stereocenters. The summed E-state index contributed by atoms with van der Waals surface area (Å²) in [7, 11) is 0. The highest BCUT2D eigenvalue weighted by atomic mass is 16.2. The van der Waals surface area contributed by atoms with Crippen molar-refractivity contribution in [2.75, 3.05) is 6.61 Å². The summed E-state index contributed by atoms with van der Waals surface area (Å²) in [4.78, 5) is 7.74. The van der Waals surface area contributed by atoms with Crippen molar-refractivity contribution in [3.8, 4) is 23.2 Å². The predicted octanol–water partition coefficient (Wildman–Crippen LogP) is 2.45. The maximum absolute atomic E-state index is 8.77. The van der Waals surface area contributed by atoms with Crippen LogP contribution in [0.5, 0.6) is 0 Å². The Labute approximate surface area is 126 Å². The number of aliphatic hydroxyl groups is 1. The molecule has 0 bridgehead atoms. The molecule has 0 amide bonds. The molecular weight excluding hydrogens is 276 g/mol. The van der Waals surface area contributed by atoms with Crippen LogP contribution in [-0.4, -0.2) is 31.9 Å². The largest absolute Gasteiger partial charge is 0.384 e. The van der Waals surface area contributed by atoms with Crippen LogP contribution in [0.1, 0.15) is 5.56 Å². The van der Waals surface area contributed by atoms with Crippen molar-refractivity contribution >= 4 is 21.9 Å². The molecule has 0 fully saturated rings. The van der Waals surface area contributed by atoms with Crippen LogP contribution >= 0.6 is 0 Å². The van der Waals surface area contributed by atoms with Crippen LogP contribution in [0.3, 0.4) is 0 Å². The summed E-state index contributed by atoms with van der Waals surface area (Å²) in [6.45, 7) is -0.140. The van der Waals surface area contributed by atoms with Gasteiger partial charge in [0.05, 0.1) is 11.2 Å². The van der Waals surface area contributed by atoms with E-state index in [0.29, 0.717) is 0 Å². The first-order valence-electron chi connectivity index (χ1n) is 6.87. The zero-order valence-electron chi connectivity index (χ0n) is 11.6. The first kappa shape index (κ1) is 12.6. The van der Waals surface area contributed by atoms with E-state index in [2.05, 4.69) is 32.0 Å². The first-order valence-corrected chi connectivity index (χ1v) is 6.87. The maximum atomic E-state index is 8.77. The number of aromatic nitrogens is 4. The SMILES string of the molecule is OCC#Cc1ccc2cc(-c3n[nH]c4cccnc34)[nH]c2c1. The number of rotatable bonds is 1. The minimum Gasteiger partial charge on any atom is -0.384 e. The molecule has 0 saturated heterocycles. The van der Waals surface area contributed by atoms with Gasteiger partial charge in [-0.2, -0.15) is 5.10 Å². The van der Waals surface area contributed by atoms with Gasteiger partial charge in [0, 0.05) is 22.7 Å². The van der Waals surface area contributed by atoms with E-state index in [1.54, 1.807) is 6.20 Å². The van der Waals surface area contributed by atoms with Gasteiger partial charge in [-0.3, -0.25) is 10.1 Å². The molecule has 0 unspecified atom stereocenters. The molecule has 0 aliphatic heterocycles. The second kappa shape index (κ2) is 5.02. The number of pyridine rings is 1. The normalized spacial score (nSPS) is 10.8. The number of hydrogen-bond acceptors (Lipinski definition) is 3. The molecule has 22 heavy (non-hydrogen) atoms. The van der Waals surface area contributed by atoms with Crippen molar-refractivity contribution in [1.82, 2.24) is 20.2 Å². The van der Waals surface area contributed by atoms with E-state index in [1.807, 2.05) is 36.4 Å². The second-order valence-corrected chi connectivity index (χ2v) is 4.92. The number of aliphatic hydroxyl groups excluding tert-OH is 1. The van der Waals surface area contributed by atoms with E-state index >= 15 is 0 Å². The minimum absolute atomic E-state index is 0.140. The molecule has 106 valence electrons. The smallest absolute Gasteiger partial charge is 0.135 e. The zero-order chi connectivity index (χ0) is 14.9. The molecule has 5 nitrogen and oxygen atoms in total. The number of aromatic amines is 2. The van der Waals surface area contributed by atoms with Crippen LogP contribution in [-0.2, 0) is 0 Å². The van der Waals surface area contributed by atoms with Gasteiger partial charge >= 0.3 is 0 Å². The van der Waals surface area contributed by atoms with E-state index < -0.39 is 0 Å². The molecule has 3 N–H and O–H groups in total. The lowest BCUT2D eigenvalue weighted by molar-refractivity contribution is 0.350. The summed E-state index contributed by atoms with van der Waals surface area (Å²) in [6.07, 6.45) is 1.76. The van der Waals surface area contributed by atoms with Gasteiger partial charge in [-0.1, -0.05) is 17.9 Å². The van der Waals surface area contributed by atoms with Gasteiger partial charge in [-0.25, -0.2) is 0 Å². The lowest BCUT2D eigenvalue weighted by Crippen LogP contribution is -1.80. The molecule has 0 aliphatic rings. The fraction of sp³-hybridized carbons (Fsp3) is 0.0588. The topological polar surface area (TPSA) is 77.6 Å². The van der Waals surface area contributed by atoms with Crippen LogP contribution in [0.25, 0.3) is 33.3 Å². The molecule has 4 rings (SSSR count). The van der Waals surface area contributed by atoms with Crippen molar-refractivity contribution < 1.29 is 5.11 Å². The fourth-order valence-corrected chi connectivity index (χ4v) is 2.52. The number of fused-ring (bicyclic) bond motifs is 2. The number of nitrogens with zero attached hydrogens (tertiary/aromatic N) is 2. The highest BCUT2D eigenvalue weighted by molar-refractivity contribution is 5.93. The van der Waals surface area contributed by atoms with Crippen LogP contribution in [0, 0.1) is 11.8 Å². The van der Waals surface area contributed by atoms with Gasteiger partial charge in [0.2, 0.25) is 0 Å². The van der Waals surface area contributed by atoms with E-state index in [0.717, 1.165) is 38.9 Å². The Morgan fingerprint density at radius 1 is 1.14 bits per heavy atom. The third-order valence-corrected chi connectivity index (χ3v) is 3.51. The summed E-state index contributed by atoms with van der Waals surface area (Å²) < 4.78 is 0. The molecule has 3 heterocycles. The third kappa shape index (κ3) is 2.03. The quantitative estimate of drug-likeness (QED) is 0.471. The average Bonchev–Trinajstić information content (AvgIpc) is 3.15. The van der Waals surface area contributed by atoms with Gasteiger partial charge in [0.25, 0.3) is 0 Å². The first-order chi connectivity index (χ1) is 10.8. The standard InChI is InChI=1S/C17H12N4O/c22-8-2-3-11-5-6-12-10-15(19-14(12)9-11)17-16-13(20-21-17)4-1-7-18-16/h1,4-7,9-10,19,22H,8H2,(H,20,21). The monoisotopic (exact) mass is 288 g/mol. The Morgan fingerprint density at radius 3 is 3.00 bits per heavy atom. The van der Waals surface area contributed by atoms with Crippen molar-refractivity contribution in [2.45, 2.75) is 0 Å². The summed E-state index contributed by atoms with van der Waals surface area (Å²) in [5, 5.41) is 17.2. The highest BCUT2D eigenvalue weighted by Gasteiger charge is 2.11. The van der Waals surface area contributed by atoms with Gasteiger partial charge in [-0.05, 0) is 30.3 Å². The van der Waals surface area contributed by atoms with E-state index in [-0.39, 0.29) is 6.61 Å². The maximum Gasteiger partial charge on any atom is 0.135 e. The van der Waals surface area contributed by atoms with E-state index in [9.17, 15) is 0 Å². The molecule has 0 saturated carbocycles. The van der Waals surface area contributed by atoms with E-state index in [4.69, 9.17) is 5.11 Å². The van der Waals surface area contributed by atoms with Crippen LogP contribution in [0.15, 0.2) is 42.6 Å². The van der Waals surface area contributed by atoms with Gasteiger partial charge in [-0.15, -0.1) is 0 Å². The van der Waals surface area contributed by atoms with Gasteiger partial charge < -0.3 is 10.1 Å². The summed E-state index contributed by atoms with van der Waals surface area (Å²) in [6, 6.07) is 11.8. The summed E-state index contributed by atoms with van der Waals surface area (Å²) in [5.41, 5.74) is 5.30. The number of H-pyrrole nitrogens is 2. The highest BCUT2D eigenvalue weighted by Crippen LogP contribution is 2.27. The van der Waals surface area contributed by atoms with Gasteiger partial charge in [0.15, 0.2) is 0 Å². The minimum atomic E-state index is -0.140. The van der Waals surface area contributed by atoms with Crippen molar-refractivity contribution in [2.24, 2.45) is 0 Å². The molecule has 0 spiro atoms. The third-order valence-electron chi connectivity index (χ3n) is 3.51.